The van der Waals surface area contributed by atoms with Crippen molar-refractivity contribution in [3.05, 3.63) is 23.5 Å². The summed E-state index contributed by atoms with van der Waals surface area (Å²) in [5.74, 6) is 0. The van der Waals surface area contributed by atoms with Gasteiger partial charge in [-0.15, -0.1) is 0 Å². The van der Waals surface area contributed by atoms with Crippen molar-refractivity contribution in [3.8, 4) is 0 Å². The number of anilines is 1. The summed E-state index contributed by atoms with van der Waals surface area (Å²) in [4.78, 5) is 3.98. The van der Waals surface area contributed by atoms with Gasteiger partial charge >= 0.3 is 0 Å². The molecule has 0 fully saturated rings. The normalized spacial score (nSPS) is 14.9. The average Bonchev–Trinajstić information content (AvgIpc) is 2.21. The third-order valence-corrected chi connectivity index (χ3v) is 2.25. The maximum Gasteiger partial charge on any atom is 0.123 e. The lowest BCUT2D eigenvalue weighted by Gasteiger charge is -2.17. The van der Waals surface area contributed by atoms with Gasteiger partial charge in [0.1, 0.15) is 6.10 Å². The molecule has 5 nitrogen and oxygen atoms in total. The van der Waals surface area contributed by atoms with E-state index in [4.69, 9.17) is 5.73 Å². The molecule has 0 aliphatic carbocycles. The lowest BCUT2D eigenvalue weighted by atomic mass is 10.1. The summed E-state index contributed by atoms with van der Waals surface area (Å²) in [7, 11) is 1.71. The number of aromatic nitrogens is 1. The number of hydrogen-bond donors (Lipinski definition) is 4. The molecule has 0 spiro atoms. The van der Waals surface area contributed by atoms with Crippen molar-refractivity contribution in [1.29, 1.82) is 0 Å². The first-order valence-electron chi connectivity index (χ1n) is 4.79. The molecule has 1 rings (SSSR count). The second-order valence-corrected chi connectivity index (χ2v) is 3.54. The molecular weight excluding hydrogens is 194 g/mol. The lowest BCUT2D eigenvalue weighted by molar-refractivity contribution is 0.0176. The topological polar surface area (TPSA) is 91.4 Å². The highest BCUT2D eigenvalue weighted by Crippen LogP contribution is 2.18. The van der Waals surface area contributed by atoms with Gasteiger partial charge in [0.05, 0.1) is 23.7 Å². The number of aliphatic hydroxyl groups excluding tert-OH is 2. The van der Waals surface area contributed by atoms with Crippen LogP contribution < -0.4 is 11.1 Å². The first-order chi connectivity index (χ1) is 7.06. The highest BCUT2D eigenvalue weighted by molar-refractivity contribution is 5.44. The van der Waals surface area contributed by atoms with Crippen molar-refractivity contribution in [2.45, 2.75) is 19.1 Å². The molecule has 84 valence electrons. The van der Waals surface area contributed by atoms with Crippen LogP contribution in [0.1, 0.15) is 17.4 Å². The Balaban J connectivity index is 2.81. The third-order valence-electron chi connectivity index (χ3n) is 2.25. The maximum atomic E-state index is 9.74. The van der Waals surface area contributed by atoms with Crippen LogP contribution in [0.4, 0.5) is 5.69 Å². The molecular formula is C10H17N3O2. The van der Waals surface area contributed by atoms with Gasteiger partial charge in [0.15, 0.2) is 0 Å². The lowest BCUT2D eigenvalue weighted by Crippen LogP contribution is -2.30. The molecule has 0 amide bonds. The van der Waals surface area contributed by atoms with Crippen molar-refractivity contribution in [3.63, 3.8) is 0 Å². The summed E-state index contributed by atoms with van der Waals surface area (Å²) in [5, 5.41) is 22.1. The maximum absolute atomic E-state index is 9.74. The predicted molar refractivity (Wildman–Crippen MR) is 58.3 cm³/mol. The fourth-order valence-corrected chi connectivity index (χ4v) is 1.27. The molecule has 0 aliphatic rings. The van der Waals surface area contributed by atoms with E-state index in [0.29, 0.717) is 17.9 Å². The zero-order valence-corrected chi connectivity index (χ0v) is 8.94. The fraction of sp³-hybridized carbons (Fsp3) is 0.500. The standard InChI is InChI=1S/C10H17N3O2/c1-6-3-8(13-4-7(6)11)10(15)9(14)5-12-2/h3-4,9-10,12,14-15H,5,11H2,1-2H3. The van der Waals surface area contributed by atoms with E-state index in [2.05, 4.69) is 10.3 Å². The van der Waals surface area contributed by atoms with Crippen LogP contribution in [0.3, 0.4) is 0 Å². The highest BCUT2D eigenvalue weighted by Gasteiger charge is 2.19. The quantitative estimate of drug-likeness (QED) is 0.543. The van der Waals surface area contributed by atoms with Crippen LogP contribution in [0.5, 0.6) is 0 Å². The van der Waals surface area contributed by atoms with E-state index >= 15 is 0 Å². The van der Waals surface area contributed by atoms with Crippen molar-refractivity contribution in [2.75, 3.05) is 19.3 Å². The first-order valence-corrected chi connectivity index (χ1v) is 4.79. The van der Waals surface area contributed by atoms with Crippen LogP contribution in [0.2, 0.25) is 0 Å². The minimum atomic E-state index is -0.989. The Morgan fingerprint density at radius 2 is 2.20 bits per heavy atom. The number of nitrogens with two attached hydrogens (primary N) is 1. The Labute approximate surface area is 89.0 Å². The smallest absolute Gasteiger partial charge is 0.123 e. The van der Waals surface area contributed by atoms with E-state index in [1.54, 1.807) is 13.1 Å². The van der Waals surface area contributed by atoms with E-state index in [9.17, 15) is 10.2 Å². The number of nitrogens with one attached hydrogen (secondary N) is 1. The Bertz CT molecular complexity index is 330. The molecule has 0 saturated carbocycles. The van der Waals surface area contributed by atoms with Gasteiger partial charge < -0.3 is 21.3 Å². The second kappa shape index (κ2) is 5.06. The molecule has 0 aromatic carbocycles. The largest absolute Gasteiger partial charge is 0.397 e. The van der Waals surface area contributed by atoms with Gasteiger partial charge in [-0.1, -0.05) is 0 Å². The van der Waals surface area contributed by atoms with E-state index in [1.807, 2.05) is 6.92 Å². The summed E-state index contributed by atoms with van der Waals surface area (Å²) < 4.78 is 0. The molecule has 0 radical (unpaired) electrons. The second-order valence-electron chi connectivity index (χ2n) is 3.54. The summed E-state index contributed by atoms with van der Waals surface area (Å²) in [6.45, 7) is 2.14. The molecule has 2 unspecified atom stereocenters. The fourth-order valence-electron chi connectivity index (χ4n) is 1.27. The number of aliphatic hydroxyl groups is 2. The summed E-state index contributed by atoms with van der Waals surface area (Å²) in [5.41, 5.74) is 7.46. The van der Waals surface area contributed by atoms with Gasteiger partial charge in [-0.2, -0.15) is 0 Å². The van der Waals surface area contributed by atoms with Gasteiger partial charge in [-0.3, -0.25) is 4.98 Å². The SMILES string of the molecule is CNCC(O)C(O)c1cc(C)c(N)cn1. The molecule has 5 heteroatoms. The van der Waals surface area contributed by atoms with Gasteiger partial charge in [0.2, 0.25) is 0 Å². The van der Waals surface area contributed by atoms with E-state index in [-0.39, 0.29) is 0 Å². The van der Waals surface area contributed by atoms with Gasteiger partial charge in [-0.05, 0) is 25.6 Å². The van der Waals surface area contributed by atoms with Crippen LogP contribution in [0, 0.1) is 6.92 Å². The Morgan fingerprint density at radius 3 is 2.73 bits per heavy atom. The zero-order chi connectivity index (χ0) is 11.4. The van der Waals surface area contributed by atoms with Gasteiger partial charge in [-0.25, -0.2) is 0 Å². The number of pyridine rings is 1. The Hall–Kier alpha value is -1.17. The molecule has 15 heavy (non-hydrogen) atoms. The molecule has 1 aromatic heterocycles. The van der Waals surface area contributed by atoms with Crippen LogP contribution in [0.25, 0.3) is 0 Å². The number of likely N-dealkylation sites (N-methyl/N-ethyl adjacent to an activating group) is 1. The van der Waals surface area contributed by atoms with Gasteiger partial charge in [0, 0.05) is 6.54 Å². The molecule has 5 N–H and O–H groups in total. The van der Waals surface area contributed by atoms with E-state index < -0.39 is 12.2 Å². The minimum absolute atomic E-state index is 0.312. The van der Waals surface area contributed by atoms with Crippen molar-refractivity contribution in [1.82, 2.24) is 10.3 Å². The Morgan fingerprint density at radius 1 is 1.53 bits per heavy atom. The molecule has 2 atom stereocenters. The molecule has 0 bridgehead atoms. The molecule has 0 aliphatic heterocycles. The van der Waals surface area contributed by atoms with Crippen molar-refractivity contribution >= 4 is 5.69 Å². The number of aryl methyl sites for hydroxylation is 1. The van der Waals surface area contributed by atoms with E-state index in [1.165, 1.54) is 6.20 Å². The van der Waals surface area contributed by atoms with Crippen LogP contribution in [0.15, 0.2) is 12.3 Å². The third kappa shape index (κ3) is 2.89. The van der Waals surface area contributed by atoms with E-state index in [0.717, 1.165) is 5.56 Å². The predicted octanol–water partition coefficient (Wildman–Crippen LogP) is -0.414. The molecule has 1 heterocycles. The highest BCUT2D eigenvalue weighted by atomic mass is 16.3. The zero-order valence-electron chi connectivity index (χ0n) is 8.94. The number of nitrogens with zero attached hydrogens (tertiary/aromatic N) is 1. The number of nitrogen functional groups attached to an aromatic ring is 1. The summed E-state index contributed by atoms with van der Waals surface area (Å²) in [6, 6.07) is 1.68. The summed E-state index contributed by atoms with van der Waals surface area (Å²) >= 11 is 0. The van der Waals surface area contributed by atoms with Crippen molar-refractivity contribution in [2.24, 2.45) is 0 Å². The number of rotatable bonds is 4. The van der Waals surface area contributed by atoms with Gasteiger partial charge in [0.25, 0.3) is 0 Å². The Kier molecular flexibility index (Phi) is 4.02. The number of hydrogen-bond acceptors (Lipinski definition) is 5. The minimum Gasteiger partial charge on any atom is -0.397 e. The van der Waals surface area contributed by atoms with Crippen LogP contribution >= 0.6 is 0 Å². The summed E-state index contributed by atoms with van der Waals surface area (Å²) in [6.07, 6.45) is -0.373. The first kappa shape index (κ1) is 11.9. The monoisotopic (exact) mass is 211 g/mol. The van der Waals surface area contributed by atoms with Crippen LogP contribution in [-0.4, -0.2) is 34.9 Å². The van der Waals surface area contributed by atoms with Crippen LogP contribution in [-0.2, 0) is 0 Å². The molecule has 0 saturated heterocycles. The molecule has 1 aromatic rings. The van der Waals surface area contributed by atoms with Crippen molar-refractivity contribution < 1.29 is 10.2 Å². The average molecular weight is 211 g/mol.